The predicted molar refractivity (Wildman–Crippen MR) is 86.6 cm³/mol. The third-order valence-corrected chi connectivity index (χ3v) is 3.91. The minimum absolute atomic E-state index is 0.159. The molecule has 3 aromatic rings. The van der Waals surface area contributed by atoms with Gasteiger partial charge in [0.1, 0.15) is 18.1 Å². The van der Waals surface area contributed by atoms with Crippen molar-refractivity contribution in [2.24, 2.45) is 0 Å². The Morgan fingerprint density at radius 2 is 2.12 bits per heavy atom. The Bertz CT molecular complexity index is 838. The monoisotopic (exact) mass is 324 g/mol. The first kappa shape index (κ1) is 14.6. The topological polar surface area (TPSA) is 68.7 Å². The quantitative estimate of drug-likeness (QED) is 0.716. The molecule has 3 heterocycles. The molecule has 1 aliphatic rings. The number of aromatic nitrogens is 1. The number of carbonyl (C=O) groups is 1. The molecule has 24 heavy (non-hydrogen) atoms. The normalized spacial score (nSPS) is 14.3. The van der Waals surface area contributed by atoms with Crippen LogP contribution in [-0.2, 0) is 11.4 Å². The van der Waals surface area contributed by atoms with Crippen molar-refractivity contribution < 1.29 is 18.5 Å². The fourth-order valence-electron chi connectivity index (χ4n) is 2.73. The highest BCUT2D eigenvalue weighted by Gasteiger charge is 2.21. The average molecular weight is 324 g/mol. The van der Waals surface area contributed by atoms with Crippen molar-refractivity contribution in [3.8, 4) is 17.3 Å². The lowest BCUT2D eigenvalue weighted by Crippen LogP contribution is -2.23. The molecule has 2 aromatic heterocycles. The Labute approximate surface area is 138 Å². The van der Waals surface area contributed by atoms with E-state index in [0.717, 1.165) is 18.7 Å². The Kier molecular flexibility index (Phi) is 3.78. The van der Waals surface area contributed by atoms with Crippen LogP contribution in [0.4, 0.5) is 5.69 Å². The molecule has 1 fully saturated rings. The molecule has 1 saturated heterocycles. The molecule has 0 radical (unpaired) electrons. The molecule has 0 spiro atoms. The highest BCUT2D eigenvalue weighted by atomic mass is 16.5. The van der Waals surface area contributed by atoms with Crippen LogP contribution in [0.2, 0.25) is 0 Å². The molecule has 0 bridgehead atoms. The third-order valence-electron chi connectivity index (χ3n) is 3.91. The zero-order chi connectivity index (χ0) is 16.4. The summed E-state index contributed by atoms with van der Waals surface area (Å²) in [4.78, 5) is 13.6. The van der Waals surface area contributed by atoms with Crippen LogP contribution in [0.15, 0.2) is 57.7 Å². The van der Waals surface area contributed by atoms with Gasteiger partial charge in [-0.25, -0.2) is 0 Å². The molecule has 0 unspecified atom stereocenters. The predicted octanol–water partition coefficient (Wildman–Crippen LogP) is 3.64. The van der Waals surface area contributed by atoms with Crippen LogP contribution < -0.4 is 9.64 Å². The largest absolute Gasteiger partial charge is 0.487 e. The summed E-state index contributed by atoms with van der Waals surface area (Å²) in [7, 11) is 0. The average Bonchev–Trinajstić information content (AvgIpc) is 3.34. The maximum atomic E-state index is 11.8. The Morgan fingerprint density at radius 1 is 1.17 bits per heavy atom. The summed E-state index contributed by atoms with van der Waals surface area (Å²) >= 11 is 0. The molecule has 0 atom stereocenters. The van der Waals surface area contributed by atoms with E-state index >= 15 is 0 Å². The van der Waals surface area contributed by atoms with Gasteiger partial charge in [0.25, 0.3) is 0 Å². The second kappa shape index (κ2) is 6.23. The van der Waals surface area contributed by atoms with Crippen LogP contribution in [0.1, 0.15) is 18.5 Å². The van der Waals surface area contributed by atoms with Gasteiger partial charge in [0, 0.05) is 30.8 Å². The second-order valence-corrected chi connectivity index (χ2v) is 5.59. The number of furan rings is 1. The first-order chi connectivity index (χ1) is 11.8. The maximum absolute atomic E-state index is 11.8. The molecule has 1 amide bonds. The summed E-state index contributed by atoms with van der Waals surface area (Å²) in [6, 6.07) is 12.9. The molecule has 0 aliphatic carbocycles. The van der Waals surface area contributed by atoms with Gasteiger partial charge in [-0.15, -0.1) is 0 Å². The number of carbonyl (C=O) groups excluding carboxylic acids is 1. The molecule has 122 valence electrons. The number of rotatable bonds is 5. The van der Waals surface area contributed by atoms with Gasteiger partial charge in [-0.2, -0.15) is 0 Å². The van der Waals surface area contributed by atoms with E-state index in [0.29, 0.717) is 29.4 Å². The van der Waals surface area contributed by atoms with Gasteiger partial charge in [-0.05, 0) is 30.7 Å². The van der Waals surface area contributed by atoms with E-state index in [1.165, 1.54) is 0 Å². The molecule has 4 rings (SSSR count). The molecule has 0 N–H and O–H groups in total. The lowest BCUT2D eigenvalue weighted by Gasteiger charge is -2.16. The first-order valence-corrected chi connectivity index (χ1v) is 7.82. The van der Waals surface area contributed by atoms with Crippen LogP contribution >= 0.6 is 0 Å². The minimum atomic E-state index is 0.159. The van der Waals surface area contributed by atoms with Crippen molar-refractivity contribution in [2.75, 3.05) is 11.4 Å². The minimum Gasteiger partial charge on any atom is -0.487 e. The maximum Gasteiger partial charge on any atom is 0.227 e. The summed E-state index contributed by atoms with van der Waals surface area (Å²) in [5, 5.41) is 3.97. The molecular formula is C18H16N2O4. The number of nitrogens with zero attached hydrogens (tertiary/aromatic N) is 2. The highest BCUT2D eigenvalue weighted by Crippen LogP contribution is 2.26. The van der Waals surface area contributed by atoms with Crippen molar-refractivity contribution >= 4 is 11.6 Å². The number of benzene rings is 1. The zero-order valence-corrected chi connectivity index (χ0v) is 13.0. The number of hydrogen-bond donors (Lipinski definition) is 0. The standard InChI is InChI=1S/C18H16N2O4/c21-18-7-2-8-20(18)14-4-1-5-15(11-14)23-12-13-10-17(24-19-13)16-6-3-9-22-16/h1,3-6,9-11H,2,7-8,12H2. The highest BCUT2D eigenvalue weighted by molar-refractivity contribution is 5.95. The van der Waals surface area contributed by atoms with Crippen molar-refractivity contribution in [2.45, 2.75) is 19.4 Å². The van der Waals surface area contributed by atoms with Crippen molar-refractivity contribution in [1.29, 1.82) is 0 Å². The van der Waals surface area contributed by atoms with Gasteiger partial charge >= 0.3 is 0 Å². The summed E-state index contributed by atoms with van der Waals surface area (Å²) in [5.41, 5.74) is 1.54. The first-order valence-electron chi connectivity index (χ1n) is 7.82. The van der Waals surface area contributed by atoms with Crippen molar-refractivity contribution in [1.82, 2.24) is 5.16 Å². The molecule has 6 heteroatoms. The van der Waals surface area contributed by atoms with Gasteiger partial charge in [0.15, 0.2) is 5.76 Å². The summed E-state index contributed by atoms with van der Waals surface area (Å²) in [5.74, 6) is 2.04. The number of hydrogen-bond acceptors (Lipinski definition) is 5. The van der Waals surface area contributed by atoms with E-state index in [-0.39, 0.29) is 12.5 Å². The van der Waals surface area contributed by atoms with Crippen LogP contribution in [0.25, 0.3) is 11.5 Å². The fraction of sp³-hybridized carbons (Fsp3) is 0.222. The van der Waals surface area contributed by atoms with Gasteiger partial charge in [0.05, 0.1) is 6.26 Å². The Morgan fingerprint density at radius 3 is 2.92 bits per heavy atom. The molecular weight excluding hydrogens is 308 g/mol. The van der Waals surface area contributed by atoms with Crippen LogP contribution in [-0.4, -0.2) is 17.6 Å². The van der Waals surface area contributed by atoms with E-state index in [1.54, 1.807) is 23.3 Å². The number of amides is 1. The fourth-order valence-corrected chi connectivity index (χ4v) is 2.73. The summed E-state index contributed by atoms with van der Waals surface area (Å²) < 4.78 is 16.3. The van der Waals surface area contributed by atoms with E-state index in [4.69, 9.17) is 13.7 Å². The Hall–Kier alpha value is -3.02. The molecule has 6 nitrogen and oxygen atoms in total. The number of anilines is 1. The van der Waals surface area contributed by atoms with Gasteiger partial charge < -0.3 is 18.6 Å². The smallest absolute Gasteiger partial charge is 0.227 e. The third kappa shape index (κ3) is 2.90. The van der Waals surface area contributed by atoms with Crippen molar-refractivity contribution in [3.63, 3.8) is 0 Å². The number of ether oxygens (including phenoxy) is 1. The second-order valence-electron chi connectivity index (χ2n) is 5.59. The molecule has 1 aromatic carbocycles. The van der Waals surface area contributed by atoms with Crippen molar-refractivity contribution in [3.05, 3.63) is 54.4 Å². The lowest BCUT2D eigenvalue weighted by molar-refractivity contribution is -0.117. The summed E-state index contributed by atoms with van der Waals surface area (Å²) in [6.07, 6.45) is 3.09. The zero-order valence-electron chi connectivity index (χ0n) is 13.0. The lowest BCUT2D eigenvalue weighted by atomic mass is 10.2. The van der Waals surface area contributed by atoms with Gasteiger partial charge in [0.2, 0.25) is 11.7 Å². The van der Waals surface area contributed by atoms with Gasteiger partial charge in [-0.3, -0.25) is 4.79 Å². The molecule has 1 aliphatic heterocycles. The van der Waals surface area contributed by atoms with E-state index in [1.807, 2.05) is 30.3 Å². The van der Waals surface area contributed by atoms with E-state index in [9.17, 15) is 4.79 Å². The SMILES string of the molecule is O=C1CCCN1c1cccc(OCc2cc(-c3ccco3)on2)c1. The van der Waals surface area contributed by atoms with Gasteiger partial charge in [-0.1, -0.05) is 11.2 Å². The van der Waals surface area contributed by atoms with E-state index in [2.05, 4.69) is 5.16 Å². The van der Waals surface area contributed by atoms with Crippen LogP contribution in [0, 0.1) is 0 Å². The Balaban J connectivity index is 1.43. The summed E-state index contributed by atoms with van der Waals surface area (Å²) in [6.45, 7) is 1.04. The molecule has 0 saturated carbocycles. The van der Waals surface area contributed by atoms with Crippen LogP contribution in [0.5, 0.6) is 5.75 Å². The van der Waals surface area contributed by atoms with E-state index < -0.39 is 0 Å². The van der Waals surface area contributed by atoms with Crippen LogP contribution in [0.3, 0.4) is 0 Å².